The van der Waals surface area contributed by atoms with Gasteiger partial charge in [0.25, 0.3) is 5.91 Å². The number of piperidine rings is 1. The SMILES string of the molecule is NC[C@H]1CC[C@@H](C(=O)N2CCCC3(CCCCCC3)C2)O1. The average molecular weight is 294 g/mol. The number of rotatable bonds is 2. The number of nitrogens with two attached hydrogens (primary N) is 1. The van der Waals surface area contributed by atoms with Crippen molar-refractivity contribution in [2.24, 2.45) is 11.1 Å². The molecule has 0 radical (unpaired) electrons. The molecule has 1 spiro atoms. The summed E-state index contributed by atoms with van der Waals surface area (Å²) in [5.41, 5.74) is 6.07. The molecule has 0 bridgehead atoms. The molecule has 21 heavy (non-hydrogen) atoms. The van der Waals surface area contributed by atoms with Crippen LogP contribution in [0.3, 0.4) is 0 Å². The zero-order valence-electron chi connectivity index (χ0n) is 13.2. The lowest BCUT2D eigenvalue weighted by Crippen LogP contribution is -2.49. The molecule has 2 saturated heterocycles. The number of nitrogens with zero attached hydrogens (tertiary/aromatic N) is 1. The van der Waals surface area contributed by atoms with Gasteiger partial charge in [-0.25, -0.2) is 0 Å². The molecule has 0 unspecified atom stereocenters. The Morgan fingerprint density at radius 2 is 1.81 bits per heavy atom. The van der Waals surface area contributed by atoms with Gasteiger partial charge in [-0.2, -0.15) is 0 Å². The Labute approximate surface area is 128 Å². The number of likely N-dealkylation sites (tertiary alicyclic amines) is 1. The van der Waals surface area contributed by atoms with E-state index in [4.69, 9.17) is 10.5 Å². The van der Waals surface area contributed by atoms with E-state index in [1.807, 2.05) is 0 Å². The number of hydrogen-bond donors (Lipinski definition) is 1. The van der Waals surface area contributed by atoms with Gasteiger partial charge in [-0.15, -0.1) is 0 Å². The van der Waals surface area contributed by atoms with Crippen LogP contribution in [0.25, 0.3) is 0 Å². The quantitative estimate of drug-likeness (QED) is 0.851. The van der Waals surface area contributed by atoms with E-state index in [0.29, 0.717) is 12.0 Å². The summed E-state index contributed by atoms with van der Waals surface area (Å²) in [4.78, 5) is 14.8. The molecule has 1 aliphatic carbocycles. The van der Waals surface area contributed by atoms with Gasteiger partial charge >= 0.3 is 0 Å². The zero-order valence-corrected chi connectivity index (χ0v) is 13.2. The van der Waals surface area contributed by atoms with Crippen LogP contribution >= 0.6 is 0 Å². The van der Waals surface area contributed by atoms with E-state index in [1.54, 1.807) is 0 Å². The van der Waals surface area contributed by atoms with Crippen molar-refractivity contribution in [3.05, 3.63) is 0 Å². The molecule has 0 aromatic carbocycles. The van der Waals surface area contributed by atoms with Crippen LogP contribution in [0.2, 0.25) is 0 Å². The highest BCUT2D eigenvalue weighted by Gasteiger charge is 2.40. The second-order valence-corrected chi connectivity index (χ2v) is 7.34. The summed E-state index contributed by atoms with van der Waals surface area (Å²) in [5.74, 6) is 0.231. The first-order valence-corrected chi connectivity index (χ1v) is 8.87. The summed E-state index contributed by atoms with van der Waals surface area (Å²) in [7, 11) is 0. The van der Waals surface area contributed by atoms with Crippen LogP contribution in [0, 0.1) is 5.41 Å². The molecule has 120 valence electrons. The van der Waals surface area contributed by atoms with Gasteiger partial charge in [0.1, 0.15) is 6.10 Å². The fourth-order valence-corrected chi connectivity index (χ4v) is 4.55. The molecule has 3 aliphatic rings. The second-order valence-electron chi connectivity index (χ2n) is 7.34. The van der Waals surface area contributed by atoms with Crippen LogP contribution in [-0.4, -0.2) is 42.6 Å². The van der Waals surface area contributed by atoms with Crippen LogP contribution in [0.1, 0.15) is 64.2 Å². The molecule has 3 fully saturated rings. The van der Waals surface area contributed by atoms with Crippen LogP contribution in [0.5, 0.6) is 0 Å². The molecule has 0 aromatic rings. The lowest BCUT2D eigenvalue weighted by molar-refractivity contribution is -0.146. The minimum atomic E-state index is -0.223. The smallest absolute Gasteiger partial charge is 0.251 e. The van der Waals surface area contributed by atoms with E-state index in [-0.39, 0.29) is 18.1 Å². The minimum absolute atomic E-state index is 0.0931. The number of hydrogen-bond acceptors (Lipinski definition) is 3. The van der Waals surface area contributed by atoms with Gasteiger partial charge in [-0.3, -0.25) is 4.79 Å². The third kappa shape index (κ3) is 3.42. The van der Waals surface area contributed by atoms with Crippen molar-refractivity contribution in [2.75, 3.05) is 19.6 Å². The molecule has 0 aromatic heterocycles. The van der Waals surface area contributed by atoms with Gasteiger partial charge in [0, 0.05) is 19.6 Å². The highest BCUT2D eigenvalue weighted by molar-refractivity contribution is 5.81. The molecular weight excluding hydrogens is 264 g/mol. The molecule has 1 saturated carbocycles. The standard InChI is InChI=1S/C17H30N2O2/c18-12-14-6-7-15(21-14)16(20)19-11-5-10-17(13-19)8-3-1-2-4-9-17/h14-15H,1-13,18H2/t14-,15+/m1/s1. The maximum Gasteiger partial charge on any atom is 0.251 e. The Morgan fingerprint density at radius 1 is 1.10 bits per heavy atom. The Morgan fingerprint density at radius 3 is 2.48 bits per heavy atom. The maximum absolute atomic E-state index is 12.7. The Kier molecular flexibility index (Phi) is 4.85. The van der Waals surface area contributed by atoms with Crippen molar-refractivity contribution < 1.29 is 9.53 Å². The molecule has 4 heteroatoms. The van der Waals surface area contributed by atoms with Gasteiger partial charge < -0.3 is 15.4 Å². The summed E-state index contributed by atoms with van der Waals surface area (Å²) in [6, 6.07) is 0. The number of carbonyl (C=O) groups is 1. The third-order valence-electron chi connectivity index (χ3n) is 5.78. The normalized spacial score (nSPS) is 33.1. The van der Waals surface area contributed by atoms with Crippen molar-refractivity contribution in [3.63, 3.8) is 0 Å². The van der Waals surface area contributed by atoms with E-state index in [2.05, 4.69) is 4.90 Å². The van der Waals surface area contributed by atoms with Crippen molar-refractivity contribution in [3.8, 4) is 0 Å². The van der Waals surface area contributed by atoms with Crippen molar-refractivity contribution in [1.29, 1.82) is 0 Å². The molecule has 2 heterocycles. The van der Waals surface area contributed by atoms with Gasteiger partial charge in [0.2, 0.25) is 0 Å². The highest BCUT2D eigenvalue weighted by atomic mass is 16.5. The van der Waals surface area contributed by atoms with E-state index in [9.17, 15) is 4.79 Å². The van der Waals surface area contributed by atoms with E-state index in [0.717, 1.165) is 25.9 Å². The first-order chi connectivity index (χ1) is 10.2. The lowest BCUT2D eigenvalue weighted by atomic mass is 9.74. The van der Waals surface area contributed by atoms with Crippen LogP contribution < -0.4 is 5.73 Å². The summed E-state index contributed by atoms with van der Waals surface area (Å²) in [5, 5.41) is 0. The molecular formula is C17H30N2O2. The summed E-state index contributed by atoms with van der Waals surface area (Å²) in [6.45, 7) is 2.43. The van der Waals surface area contributed by atoms with Crippen LogP contribution in [0.4, 0.5) is 0 Å². The maximum atomic E-state index is 12.7. The Balaban J connectivity index is 1.61. The van der Waals surface area contributed by atoms with Crippen molar-refractivity contribution >= 4 is 5.91 Å². The monoisotopic (exact) mass is 294 g/mol. The number of ether oxygens (including phenoxy) is 1. The molecule has 2 N–H and O–H groups in total. The fraction of sp³-hybridized carbons (Fsp3) is 0.941. The van der Waals surface area contributed by atoms with Gasteiger partial charge in [-0.05, 0) is 43.9 Å². The van der Waals surface area contributed by atoms with Crippen LogP contribution in [0.15, 0.2) is 0 Å². The highest BCUT2D eigenvalue weighted by Crippen LogP contribution is 2.42. The molecule has 4 nitrogen and oxygen atoms in total. The van der Waals surface area contributed by atoms with E-state index < -0.39 is 0 Å². The Hall–Kier alpha value is -0.610. The second kappa shape index (κ2) is 6.66. The largest absolute Gasteiger partial charge is 0.364 e. The Bertz CT molecular complexity index is 364. The molecule has 3 rings (SSSR count). The van der Waals surface area contributed by atoms with Gasteiger partial charge in [0.15, 0.2) is 0 Å². The molecule has 2 aliphatic heterocycles. The topological polar surface area (TPSA) is 55.6 Å². The van der Waals surface area contributed by atoms with E-state index in [1.165, 1.54) is 51.4 Å². The molecule has 2 atom stereocenters. The third-order valence-corrected chi connectivity index (χ3v) is 5.78. The minimum Gasteiger partial charge on any atom is -0.364 e. The summed E-state index contributed by atoms with van der Waals surface area (Å²) >= 11 is 0. The van der Waals surface area contributed by atoms with Gasteiger partial charge in [-0.1, -0.05) is 25.7 Å². The summed E-state index contributed by atoms with van der Waals surface area (Å²) in [6.07, 6.45) is 12.2. The number of carbonyl (C=O) groups excluding carboxylic acids is 1. The average Bonchev–Trinajstić information content (AvgIpc) is 2.89. The number of amides is 1. The van der Waals surface area contributed by atoms with Gasteiger partial charge in [0.05, 0.1) is 6.10 Å². The summed E-state index contributed by atoms with van der Waals surface area (Å²) < 4.78 is 5.81. The van der Waals surface area contributed by atoms with Crippen LogP contribution in [-0.2, 0) is 9.53 Å². The first kappa shape index (κ1) is 15.3. The lowest BCUT2D eigenvalue weighted by Gasteiger charge is -2.43. The predicted octanol–water partition coefficient (Wildman–Crippen LogP) is 2.46. The molecule has 1 amide bonds. The fourth-order valence-electron chi connectivity index (χ4n) is 4.55. The van der Waals surface area contributed by atoms with E-state index >= 15 is 0 Å². The van der Waals surface area contributed by atoms with Crippen molar-refractivity contribution in [1.82, 2.24) is 4.90 Å². The van der Waals surface area contributed by atoms with Crippen molar-refractivity contribution in [2.45, 2.75) is 76.4 Å². The predicted molar refractivity (Wildman–Crippen MR) is 82.9 cm³/mol. The first-order valence-electron chi connectivity index (χ1n) is 8.87. The zero-order chi connectivity index (χ0) is 14.7.